The van der Waals surface area contributed by atoms with Crippen molar-refractivity contribution in [2.24, 2.45) is 0 Å². The third kappa shape index (κ3) is 3.94. The summed E-state index contributed by atoms with van der Waals surface area (Å²) >= 11 is 0. The SMILES string of the molecule is Cc1ccc(NC(=O)COc2ccc(O)cc2C#N)nc1. The van der Waals surface area contributed by atoms with Crippen molar-refractivity contribution in [3.8, 4) is 17.6 Å². The molecule has 21 heavy (non-hydrogen) atoms. The Kier molecular flexibility index (Phi) is 4.36. The first kappa shape index (κ1) is 14.3. The average Bonchev–Trinajstić information content (AvgIpc) is 2.48. The lowest BCUT2D eigenvalue weighted by atomic mass is 10.2. The standard InChI is InChI=1S/C15H13N3O3/c1-10-2-5-14(17-8-10)18-15(20)9-21-13-4-3-12(19)6-11(13)7-16/h2-6,8,19H,9H2,1H3,(H,17,18,20). The van der Waals surface area contributed by atoms with Gasteiger partial charge in [0.2, 0.25) is 0 Å². The molecule has 1 aromatic heterocycles. The van der Waals surface area contributed by atoms with E-state index in [0.29, 0.717) is 5.82 Å². The minimum absolute atomic E-state index is 0.0350. The summed E-state index contributed by atoms with van der Waals surface area (Å²) in [4.78, 5) is 15.8. The lowest BCUT2D eigenvalue weighted by Gasteiger charge is -2.08. The quantitative estimate of drug-likeness (QED) is 0.894. The van der Waals surface area contributed by atoms with E-state index in [-0.39, 0.29) is 29.6 Å². The van der Waals surface area contributed by atoms with Crippen LogP contribution in [0, 0.1) is 18.3 Å². The molecule has 106 valence electrons. The summed E-state index contributed by atoms with van der Waals surface area (Å²) < 4.78 is 5.27. The second kappa shape index (κ2) is 6.39. The zero-order valence-corrected chi connectivity index (χ0v) is 11.3. The van der Waals surface area contributed by atoms with Crippen LogP contribution in [0.15, 0.2) is 36.5 Å². The average molecular weight is 283 g/mol. The predicted octanol–water partition coefficient (Wildman–Crippen LogP) is 1.98. The highest BCUT2D eigenvalue weighted by Gasteiger charge is 2.08. The maximum Gasteiger partial charge on any atom is 0.263 e. The number of carbonyl (C=O) groups excluding carboxylic acids is 1. The molecule has 2 N–H and O–H groups in total. The summed E-state index contributed by atoms with van der Waals surface area (Å²) in [5.74, 6) is 0.248. The van der Waals surface area contributed by atoms with Gasteiger partial charge in [-0.25, -0.2) is 4.98 Å². The van der Waals surface area contributed by atoms with Gasteiger partial charge in [0.1, 0.15) is 23.4 Å². The maximum absolute atomic E-state index is 11.7. The van der Waals surface area contributed by atoms with Crippen LogP contribution in [0.2, 0.25) is 0 Å². The number of rotatable bonds is 4. The van der Waals surface area contributed by atoms with Gasteiger partial charge >= 0.3 is 0 Å². The summed E-state index contributed by atoms with van der Waals surface area (Å²) in [7, 11) is 0. The van der Waals surface area contributed by atoms with Crippen molar-refractivity contribution < 1.29 is 14.6 Å². The van der Waals surface area contributed by atoms with Gasteiger partial charge in [-0.15, -0.1) is 0 Å². The molecule has 0 spiro atoms. The molecule has 0 atom stereocenters. The minimum Gasteiger partial charge on any atom is -0.508 e. The first-order valence-corrected chi connectivity index (χ1v) is 6.17. The molecule has 0 fully saturated rings. The Balaban J connectivity index is 1.95. The van der Waals surface area contributed by atoms with Gasteiger partial charge in [-0.1, -0.05) is 6.07 Å². The van der Waals surface area contributed by atoms with E-state index in [9.17, 15) is 9.90 Å². The molecule has 0 radical (unpaired) electrons. The van der Waals surface area contributed by atoms with Crippen molar-refractivity contribution in [3.63, 3.8) is 0 Å². The Hall–Kier alpha value is -3.07. The molecule has 0 saturated heterocycles. The van der Waals surface area contributed by atoms with E-state index in [4.69, 9.17) is 10.00 Å². The summed E-state index contributed by atoms with van der Waals surface area (Å²) in [5.41, 5.74) is 1.16. The van der Waals surface area contributed by atoms with Crippen molar-refractivity contribution in [2.75, 3.05) is 11.9 Å². The van der Waals surface area contributed by atoms with Crippen LogP contribution in [-0.4, -0.2) is 22.6 Å². The fourth-order valence-electron chi connectivity index (χ4n) is 1.60. The Morgan fingerprint density at radius 3 is 2.90 bits per heavy atom. The van der Waals surface area contributed by atoms with Crippen molar-refractivity contribution in [3.05, 3.63) is 47.7 Å². The van der Waals surface area contributed by atoms with Gasteiger partial charge in [-0.2, -0.15) is 5.26 Å². The van der Waals surface area contributed by atoms with Crippen LogP contribution in [0.5, 0.6) is 11.5 Å². The van der Waals surface area contributed by atoms with E-state index >= 15 is 0 Å². The highest BCUT2D eigenvalue weighted by molar-refractivity contribution is 5.90. The van der Waals surface area contributed by atoms with E-state index in [0.717, 1.165) is 5.56 Å². The molecule has 0 bridgehead atoms. The van der Waals surface area contributed by atoms with E-state index < -0.39 is 0 Å². The molecule has 1 aromatic carbocycles. The van der Waals surface area contributed by atoms with Crippen LogP contribution < -0.4 is 10.1 Å². The number of nitriles is 1. The van der Waals surface area contributed by atoms with Crippen LogP contribution in [0.4, 0.5) is 5.82 Å². The molecule has 2 rings (SSSR count). The minimum atomic E-state index is -0.386. The number of nitrogens with zero attached hydrogens (tertiary/aromatic N) is 2. The van der Waals surface area contributed by atoms with Gasteiger partial charge in [0, 0.05) is 12.3 Å². The topological polar surface area (TPSA) is 95.2 Å². The molecule has 1 amide bonds. The Morgan fingerprint density at radius 2 is 2.24 bits per heavy atom. The van der Waals surface area contributed by atoms with Crippen molar-refractivity contribution in [2.45, 2.75) is 6.92 Å². The smallest absolute Gasteiger partial charge is 0.263 e. The highest BCUT2D eigenvalue weighted by atomic mass is 16.5. The second-order valence-corrected chi connectivity index (χ2v) is 4.35. The van der Waals surface area contributed by atoms with Crippen LogP contribution in [0.3, 0.4) is 0 Å². The number of carbonyl (C=O) groups is 1. The third-order valence-electron chi connectivity index (χ3n) is 2.62. The zero-order chi connectivity index (χ0) is 15.2. The van der Waals surface area contributed by atoms with Gasteiger partial charge < -0.3 is 15.2 Å². The molecule has 0 aliphatic rings. The maximum atomic E-state index is 11.7. The largest absolute Gasteiger partial charge is 0.508 e. The van der Waals surface area contributed by atoms with Crippen LogP contribution in [-0.2, 0) is 4.79 Å². The molecule has 6 nitrogen and oxygen atoms in total. The zero-order valence-electron chi connectivity index (χ0n) is 11.3. The molecule has 0 saturated carbocycles. The van der Waals surface area contributed by atoms with Gasteiger partial charge in [0.25, 0.3) is 5.91 Å². The number of aryl methyl sites for hydroxylation is 1. The predicted molar refractivity (Wildman–Crippen MR) is 75.9 cm³/mol. The molecule has 0 aliphatic heterocycles. The van der Waals surface area contributed by atoms with Gasteiger partial charge in [-0.05, 0) is 30.7 Å². The molecule has 0 unspecified atom stereocenters. The first-order valence-electron chi connectivity index (χ1n) is 6.17. The first-order chi connectivity index (χ1) is 10.1. The van der Waals surface area contributed by atoms with Crippen molar-refractivity contribution in [1.82, 2.24) is 4.98 Å². The number of ether oxygens (including phenoxy) is 1. The van der Waals surface area contributed by atoms with Gasteiger partial charge in [0.05, 0.1) is 5.56 Å². The summed E-state index contributed by atoms with van der Waals surface area (Å²) in [6, 6.07) is 9.50. The van der Waals surface area contributed by atoms with E-state index in [1.54, 1.807) is 12.3 Å². The fourth-order valence-corrected chi connectivity index (χ4v) is 1.60. The number of aromatic nitrogens is 1. The highest BCUT2D eigenvalue weighted by Crippen LogP contribution is 2.22. The normalized spacial score (nSPS) is 9.71. The molecule has 2 aromatic rings. The second-order valence-electron chi connectivity index (χ2n) is 4.35. The number of pyridine rings is 1. The van der Waals surface area contributed by atoms with E-state index in [1.807, 2.05) is 19.1 Å². The Morgan fingerprint density at radius 1 is 1.43 bits per heavy atom. The number of phenols is 1. The number of nitrogens with one attached hydrogen (secondary N) is 1. The van der Waals surface area contributed by atoms with Crippen LogP contribution >= 0.6 is 0 Å². The number of aromatic hydroxyl groups is 1. The molecular weight excluding hydrogens is 270 g/mol. The number of hydrogen-bond acceptors (Lipinski definition) is 5. The Labute approximate surface area is 121 Å². The molecule has 0 aliphatic carbocycles. The summed E-state index contributed by atoms with van der Waals surface area (Å²) in [6.45, 7) is 1.64. The number of hydrogen-bond donors (Lipinski definition) is 2. The third-order valence-corrected chi connectivity index (χ3v) is 2.62. The van der Waals surface area contributed by atoms with E-state index in [2.05, 4.69) is 10.3 Å². The van der Waals surface area contributed by atoms with Crippen LogP contribution in [0.25, 0.3) is 0 Å². The number of anilines is 1. The van der Waals surface area contributed by atoms with Crippen LogP contribution in [0.1, 0.15) is 11.1 Å². The van der Waals surface area contributed by atoms with Crippen molar-refractivity contribution in [1.29, 1.82) is 5.26 Å². The van der Waals surface area contributed by atoms with Gasteiger partial charge in [0.15, 0.2) is 6.61 Å². The lowest BCUT2D eigenvalue weighted by molar-refractivity contribution is -0.118. The van der Waals surface area contributed by atoms with Gasteiger partial charge in [-0.3, -0.25) is 4.79 Å². The number of phenolic OH excluding ortho intramolecular Hbond substituents is 1. The molecule has 1 heterocycles. The fraction of sp³-hybridized carbons (Fsp3) is 0.133. The molecule has 6 heteroatoms. The number of benzene rings is 1. The summed E-state index contributed by atoms with van der Waals surface area (Å²) in [5, 5.41) is 20.8. The molecular formula is C15H13N3O3. The monoisotopic (exact) mass is 283 g/mol. The lowest BCUT2D eigenvalue weighted by Crippen LogP contribution is -2.21. The summed E-state index contributed by atoms with van der Waals surface area (Å²) in [6.07, 6.45) is 1.64. The Bertz CT molecular complexity index is 690. The van der Waals surface area contributed by atoms with Crippen molar-refractivity contribution >= 4 is 11.7 Å². The number of amides is 1. The van der Waals surface area contributed by atoms with E-state index in [1.165, 1.54) is 18.2 Å².